The first-order valence-electron chi connectivity index (χ1n) is 4.59. The molecule has 0 saturated heterocycles. The molecular weight excluding hydrogens is 208 g/mol. The number of primary amides is 1. The lowest BCUT2D eigenvalue weighted by Crippen LogP contribution is -2.29. The number of Topliss-reactive ketones (excluding diaryl/α,β-unsaturated/α-hetero) is 1. The van der Waals surface area contributed by atoms with Gasteiger partial charge in [-0.25, -0.2) is 0 Å². The minimum absolute atomic E-state index is 0. The first kappa shape index (κ1) is 11.9. The lowest BCUT2D eigenvalue weighted by atomic mass is 10.1. The number of likely N-dealkylation sites (N-methyl/N-ethyl adjacent to an activating group) is 1. The first-order valence-corrected chi connectivity index (χ1v) is 4.59. The Labute approximate surface area is 94.3 Å². The van der Waals surface area contributed by atoms with E-state index < -0.39 is 17.6 Å². The maximum absolute atomic E-state index is 11.6. The highest BCUT2D eigenvalue weighted by Gasteiger charge is 2.17. The SMILES string of the molecule is CN(C)C(=O)C(=O)c1ccc(C(N)=O)cc1.[HH]. The standard InChI is InChI=1S/C11H12N2O3.H2/c1-13(2)11(16)9(14)7-3-5-8(6-4-7)10(12)15;/h3-6H,1-2H3,(H2,12,15);1H. The van der Waals surface area contributed by atoms with Crippen LogP contribution in [0.3, 0.4) is 0 Å². The van der Waals surface area contributed by atoms with Crippen LogP contribution in [0.25, 0.3) is 0 Å². The number of ketones is 1. The number of hydrogen-bond donors (Lipinski definition) is 1. The van der Waals surface area contributed by atoms with Crippen molar-refractivity contribution in [2.75, 3.05) is 14.1 Å². The van der Waals surface area contributed by atoms with Crippen LogP contribution >= 0.6 is 0 Å². The van der Waals surface area contributed by atoms with E-state index in [9.17, 15) is 14.4 Å². The molecule has 0 aliphatic heterocycles. The van der Waals surface area contributed by atoms with Crippen LogP contribution in [0, 0.1) is 0 Å². The molecule has 0 fully saturated rings. The summed E-state index contributed by atoms with van der Waals surface area (Å²) in [5, 5.41) is 0. The predicted molar refractivity (Wildman–Crippen MR) is 60.1 cm³/mol. The van der Waals surface area contributed by atoms with Gasteiger partial charge in [0.2, 0.25) is 11.7 Å². The molecule has 86 valence electrons. The Hall–Kier alpha value is -2.17. The molecule has 2 N–H and O–H groups in total. The molecule has 0 saturated carbocycles. The van der Waals surface area contributed by atoms with Gasteiger partial charge >= 0.3 is 0 Å². The molecule has 0 unspecified atom stereocenters. The molecule has 0 heterocycles. The smallest absolute Gasteiger partial charge is 0.294 e. The van der Waals surface area contributed by atoms with Crippen molar-refractivity contribution in [2.45, 2.75) is 0 Å². The van der Waals surface area contributed by atoms with Crippen molar-refractivity contribution >= 4 is 17.6 Å². The number of nitrogens with zero attached hydrogens (tertiary/aromatic N) is 1. The summed E-state index contributed by atoms with van der Waals surface area (Å²) in [5.74, 6) is -1.79. The molecule has 2 amide bonds. The summed E-state index contributed by atoms with van der Waals surface area (Å²) in [6, 6.07) is 5.64. The molecule has 0 aromatic heterocycles. The highest BCUT2D eigenvalue weighted by atomic mass is 16.2. The van der Waals surface area contributed by atoms with Gasteiger partial charge in [0.1, 0.15) is 0 Å². The van der Waals surface area contributed by atoms with E-state index in [2.05, 4.69) is 0 Å². The summed E-state index contributed by atoms with van der Waals surface area (Å²) in [5.41, 5.74) is 5.59. The molecule has 1 aromatic rings. The summed E-state index contributed by atoms with van der Waals surface area (Å²) in [7, 11) is 3.00. The van der Waals surface area contributed by atoms with Crippen LogP contribution in [0.5, 0.6) is 0 Å². The Kier molecular flexibility index (Phi) is 3.40. The van der Waals surface area contributed by atoms with Gasteiger partial charge in [-0.3, -0.25) is 14.4 Å². The molecule has 0 aliphatic rings. The van der Waals surface area contributed by atoms with Gasteiger partial charge in [-0.1, -0.05) is 12.1 Å². The Bertz CT molecular complexity index is 441. The monoisotopic (exact) mass is 222 g/mol. The molecule has 0 aliphatic carbocycles. The maximum atomic E-state index is 11.6. The van der Waals surface area contributed by atoms with Gasteiger partial charge in [0.25, 0.3) is 5.91 Å². The first-order chi connectivity index (χ1) is 7.43. The van der Waals surface area contributed by atoms with Gasteiger partial charge in [0.05, 0.1) is 0 Å². The third-order valence-electron chi connectivity index (χ3n) is 2.03. The molecule has 5 heteroatoms. The number of nitrogens with two attached hydrogens (primary N) is 1. The van der Waals surface area contributed by atoms with E-state index in [1.807, 2.05) is 0 Å². The van der Waals surface area contributed by atoms with Crippen LogP contribution in [0.1, 0.15) is 22.1 Å². The number of hydrogen-bond acceptors (Lipinski definition) is 3. The van der Waals surface area contributed by atoms with Crippen molar-refractivity contribution in [3.8, 4) is 0 Å². The van der Waals surface area contributed by atoms with Crippen molar-refractivity contribution in [2.24, 2.45) is 5.73 Å². The highest BCUT2D eigenvalue weighted by molar-refractivity contribution is 6.42. The third-order valence-corrected chi connectivity index (χ3v) is 2.03. The third kappa shape index (κ3) is 2.44. The minimum Gasteiger partial charge on any atom is -0.366 e. The van der Waals surface area contributed by atoms with Gasteiger partial charge in [-0.05, 0) is 12.1 Å². The summed E-state index contributed by atoms with van der Waals surface area (Å²) in [6.45, 7) is 0. The molecule has 5 nitrogen and oxygen atoms in total. The van der Waals surface area contributed by atoms with E-state index in [1.54, 1.807) is 0 Å². The fourth-order valence-corrected chi connectivity index (χ4v) is 1.11. The Morgan fingerprint density at radius 3 is 1.88 bits per heavy atom. The van der Waals surface area contributed by atoms with E-state index in [0.29, 0.717) is 5.56 Å². The van der Waals surface area contributed by atoms with E-state index in [0.717, 1.165) is 0 Å². The Morgan fingerprint density at radius 1 is 1.06 bits per heavy atom. The molecular formula is C11H14N2O3. The van der Waals surface area contributed by atoms with Crippen molar-refractivity contribution in [1.82, 2.24) is 4.90 Å². The maximum Gasteiger partial charge on any atom is 0.294 e. The van der Waals surface area contributed by atoms with Crippen molar-refractivity contribution in [3.63, 3.8) is 0 Å². The molecule has 16 heavy (non-hydrogen) atoms. The lowest BCUT2D eigenvalue weighted by Gasteiger charge is -2.08. The van der Waals surface area contributed by atoms with E-state index in [4.69, 9.17) is 5.73 Å². The second-order valence-electron chi connectivity index (χ2n) is 3.47. The molecule has 1 aromatic carbocycles. The van der Waals surface area contributed by atoms with E-state index >= 15 is 0 Å². The second-order valence-corrected chi connectivity index (χ2v) is 3.47. The van der Waals surface area contributed by atoms with Gasteiger partial charge in [-0.15, -0.1) is 0 Å². The molecule has 1 rings (SSSR count). The van der Waals surface area contributed by atoms with Crippen LogP contribution in [0.2, 0.25) is 0 Å². The highest BCUT2D eigenvalue weighted by Crippen LogP contribution is 2.05. The van der Waals surface area contributed by atoms with Gasteiger partial charge in [0, 0.05) is 26.6 Å². The zero-order chi connectivity index (χ0) is 12.3. The fourth-order valence-electron chi connectivity index (χ4n) is 1.11. The van der Waals surface area contributed by atoms with E-state index in [1.165, 1.54) is 43.3 Å². The summed E-state index contributed by atoms with van der Waals surface area (Å²) >= 11 is 0. The Morgan fingerprint density at radius 2 is 1.50 bits per heavy atom. The quantitative estimate of drug-likeness (QED) is 0.590. The number of carbonyl (C=O) groups is 3. The van der Waals surface area contributed by atoms with Crippen LogP contribution in [0.15, 0.2) is 24.3 Å². The molecule has 0 spiro atoms. The molecule has 0 atom stereocenters. The van der Waals surface area contributed by atoms with Crippen LogP contribution in [0.4, 0.5) is 0 Å². The molecule has 0 radical (unpaired) electrons. The number of rotatable bonds is 3. The van der Waals surface area contributed by atoms with Crippen LogP contribution < -0.4 is 5.73 Å². The zero-order valence-electron chi connectivity index (χ0n) is 9.06. The summed E-state index contributed by atoms with van der Waals surface area (Å²) < 4.78 is 0. The number of benzene rings is 1. The number of carbonyl (C=O) groups excluding carboxylic acids is 3. The number of amides is 2. The summed E-state index contributed by atoms with van der Waals surface area (Å²) in [4.78, 5) is 34.9. The van der Waals surface area contributed by atoms with Crippen molar-refractivity contribution < 1.29 is 15.8 Å². The largest absolute Gasteiger partial charge is 0.366 e. The Balaban J connectivity index is 0.00000256. The van der Waals surface area contributed by atoms with E-state index in [-0.39, 0.29) is 6.99 Å². The van der Waals surface area contributed by atoms with Crippen molar-refractivity contribution in [3.05, 3.63) is 35.4 Å². The average Bonchev–Trinajstić information content (AvgIpc) is 2.27. The predicted octanol–water partition coefficient (Wildman–Crippen LogP) is 0.302. The summed E-state index contributed by atoms with van der Waals surface area (Å²) in [6.07, 6.45) is 0. The van der Waals surface area contributed by atoms with Gasteiger partial charge < -0.3 is 10.6 Å². The minimum atomic E-state index is -0.610. The lowest BCUT2D eigenvalue weighted by molar-refractivity contribution is -0.124. The van der Waals surface area contributed by atoms with Gasteiger partial charge in [-0.2, -0.15) is 0 Å². The van der Waals surface area contributed by atoms with Gasteiger partial charge in [0.15, 0.2) is 0 Å². The topological polar surface area (TPSA) is 80.5 Å². The van der Waals surface area contributed by atoms with Crippen LogP contribution in [-0.4, -0.2) is 36.6 Å². The van der Waals surface area contributed by atoms with Crippen molar-refractivity contribution in [1.29, 1.82) is 0 Å². The average molecular weight is 222 g/mol. The normalized spacial score (nSPS) is 9.62. The fraction of sp³-hybridized carbons (Fsp3) is 0.182. The zero-order valence-corrected chi connectivity index (χ0v) is 9.06. The molecule has 0 bridgehead atoms. The van der Waals surface area contributed by atoms with Crippen LogP contribution in [-0.2, 0) is 4.79 Å². The second kappa shape index (κ2) is 4.57.